The van der Waals surface area contributed by atoms with Gasteiger partial charge < -0.3 is 21.5 Å². The topological polar surface area (TPSA) is 140 Å². The number of rotatable bonds is 1. The molecule has 3 rings (SSSR count). The summed E-state index contributed by atoms with van der Waals surface area (Å²) in [7, 11) is 0. The van der Waals surface area contributed by atoms with Crippen molar-refractivity contribution in [1.29, 1.82) is 5.26 Å². The number of anilines is 3. The van der Waals surface area contributed by atoms with E-state index in [4.69, 9.17) is 16.2 Å². The molecule has 0 spiro atoms. The first kappa shape index (κ1) is 12.7. The van der Waals surface area contributed by atoms with Crippen LogP contribution in [0.25, 0.3) is 11.3 Å². The fourth-order valence-electron chi connectivity index (χ4n) is 2.05. The maximum Gasteiger partial charge on any atom is 0.262 e. The minimum atomic E-state index is -0.248. The van der Waals surface area contributed by atoms with Gasteiger partial charge in [-0.15, -0.1) is 0 Å². The van der Waals surface area contributed by atoms with E-state index in [2.05, 4.69) is 15.3 Å². The lowest BCUT2D eigenvalue weighted by atomic mass is 10.1. The van der Waals surface area contributed by atoms with Crippen molar-refractivity contribution < 1.29 is 9.53 Å². The summed E-state index contributed by atoms with van der Waals surface area (Å²) in [6.45, 7) is -0.0246. The summed E-state index contributed by atoms with van der Waals surface area (Å²) in [6, 6.07) is 6.99. The van der Waals surface area contributed by atoms with E-state index in [1.54, 1.807) is 18.2 Å². The van der Waals surface area contributed by atoms with Crippen LogP contribution in [-0.2, 0) is 4.79 Å². The lowest BCUT2D eigenvalue weighted by Crippen LogP contribution is -2.25. The Morgan fingerprint density at radius 1 is 1.33 bits per heavy atom. The highest BCUT2D eigenvalue weighted by Crippen LogP contribution is 2.34. The van der Waals surface area contributed by atoms with Gasteiger partial charge in [0, 0.05) is 5.56 Å². The van der Waals surface area contributed by atoms with Crippen LogP contribution in [0, 0.1) is 11.3 Å². The average Bonchev–Trinajstić information content (AvgIpc) is 2.45. The number of ether oxygens (including phenoxy) is 1. The number of carbonyl (C=O) groups is 1. The maximum atomic E-state index is 11.4. The molecule has 0 atom stereocenters. The monoisotopic (exact) mass is 282 g/mol. The molecule has 8 heteroatoms. The number of nitrogens with one attached hydrogen (secondary N) is 1. The summed E-state index contributed by atoms with van der Waals surface area (Å²) in [6.07, 6.45) is 0. The van der Waals surface area contributed by atoms with Gasteiger partial charge in [0.15, 0.2) is 6.61 Å². The normalized spacial score (nSPS) is 12.8. The van der Waals surface area contributed by atoms with E-state index in [1.807, 2.05) is 6.07 Å². The van der Waals surface area contributed by atoms with Gasteiger partial charge in [0.1, 0.15) is 23.2 Å². The Bertz CT molecular complexity index is 796. The van der Waals surface area contributed by atoms with E-state index < -0.39 is 0 Å². The molecule has 8 nitrogen and oxygen atoms in total. The molecule has 1 aromatic carbocycles. The predicted molar refractivity (Wildman–Crippen MR) is 75.1 cm³/mol. The molecule has 2 heterocycles. The summed E-state index contributed by atoms with van der Waals surface area (Å²) < 4.78 is 5.27. The van der Waals surface area contributed by atoms with Crippen LogP contribution < -0.4 is 21.5 Å². The first-order valence-corrected chi connectivity index (χ1v) is 5.98. The number of nitrogens with two attached hydrogens (primary N) is 2. The molecule has 0 fully saturated rings. The second kappa shape index (κ2) is 4.64. The van der Waals surface area contributed by atoms with Crippen LogP contribution in [0.3, 0.4) is 0 Å². The molecule has 5 N–H and O–H groups in total. The summed E-state index contributed by atoms with van der Waals surface area (Å²) in [5, 5.41) is 11.9. The Morgan fingerprint density at radius 3 is 2.90 bits per heavy atom. The van der Waals surface area contributed by atoms with Gasteiger partial charge in [-0.1, -0.05) is 0 Å². The van der Waals surface area contributed by atoms with Gasteiger partial charge in [-0.3, -0.25) is 4.79 Å². The van der Waals surface area contributed by atoms with Gasteiger partial charge in [-0.25, -0.2) is 4.98 Å². The van der Waals surface area contributed by atoms with Crippen LogP contribution in [-0.4, -0.2) is 22.5 Å². The zero-order valence-corrected chi connectivity index (χ0v) is 10.8. The van der Waals surface area contributed by atoms with Gasteiger partial charge in [-0.2, -0.15) is 10.2 Å². The van der Waals surface area contributed by atoms with Gasteiger partial charge in [-0.05, 0) is 18.2 Å². The molecule has 1 aliphatic rings. The lowest BCUT2D eigenvalue weighted by Gasteiger charge is -2.18. The molecule has 0 aliphatic carbocycles. The highest BCUT2D eigenvalue weighted by atomic mass is 16.5. The molecule has 21 heavy (non-hydrogen) atoms. The molecule has 1 aliphatic heterocycles. The Balaban J connectivity index is 2.16. The molecule has 0 bridgehead atoms. The molecule has 2 aromatic rings. The SMILES string of the molecule is N#Cc1c(N)nc(N)nc1-c1ccc2c(c1)NC(=O)CO2. The number of hydrogen-bond donors (Lipinski definition) is 3. The molecule has 104 valence electrons. The zero-order chi connectivity index (χ0) is 15.0. The second-order valence-corrected chi connectivity index (χ2v) is 4.35. The first-order valence-electron chi connectivity index (χ1n) is 5.98. The molecular weight excluding hydrogens is 272 g/mol. The molecule has 1 amide bonds. The first-order chi connectivity index (χ1) is 10.1. The number of carbonyl (C=O) groups excluding carboxylic acids is 1. The van der Waals surface area contributed by atoms with Crippen molar-refractivity contribution in [3.05, 3.63) is 23.8 Å². The van der Waals surface area contributed by atoms with Crippen LogP contribution in [0.15, 0.2) is 18.2 Å². The van der Waals surface area contributed by atoms with Crippen molar-refractivity contribution in [3.63, 3.8) is 0 Å². The van der Waals surface area contributed by atoms with E-state index >= 15 is 0 Å². The van der Waals surface area contributed by atoms with Gasteiger partial charge in [0.25, 0.3) is 5.91 Å². The average molecular weight is 282 g/mol. The predicted octanol–water partition coefficient (Wildman–Crippen LogP) is 0.511. The summed E-state index contributed by atoms with van der Waals surface area (Å²) in [5.41, 5.74) is 12.8. The van der Waals surface area contributed by atoms with Crippen molar-refractivity contribution in [2.24, 2.45) is 0 Å². The highest BCUT2D eigenvalue weighted by Gasteiger charge is 2.19. The number of nitrogens with zero attached hydrogens (tertiary/aromatic N) is 3. The molecular formula is C13H10N6O2. The summed E-state index contributed by atoms with van der Waals surface area (Å²) >= 11 is 0. The third-order valence-electron chi connectivity index (χ3n) is 2.95. The number of amides is 1. The van der Waals surface area contributed by atoms with E-state index in [0.29, 0.717) is 22.7 Å². The molecule has 0 radical (unpaired) electrons. The van der Waals surface area contributed by atoms with E-state index in [-0.39, 0.29) is 29.8 Å². The number of nitrogen functional groups attached to an aromatic ring is 2. The van der Waals surface area contributed by atoms with Crippen molar-refractivity contribution in [3.8, 4) is 23.1 Å². The van der Waals surface area contributed by atoms with Crippen LogP contribution in [0.1, 0.15) is 5.56 Å². The van der Waals surface area contributed by atoms with Crippen molar-refractivity contribution in [1.82, 2.24) is 9.97 Å². The van der Waals surface area contributed by atoms with Gasteiger partial charge >= 0.3 is 0 Å². The highest BCUT2D eigenvalue weighted by molar-refractivity contribution is 5.96. The lowest BCUT2D eigenvalue weighted by molar-refractivity contribution is -0.118. The Morgan fingerprint density at radius 2 is 2.14 bits per heavy atom. The molecule has 1 aromatic heterocycles. The Labute approximate surface area is 119 Å². The Hall–Kier alpha value is -3.34. The number of fused-ring (bicyclic) bond motifs is 1. The molecule has 0 unspecified atom stereocenters. The smallest absolute Gasteiger partial charge is 0.262 e. The number of hydrogen-bond acceptors (Lipinski definition) is 7. The third-order valence-corrected chi connectivity index (χ3v) is 2.95. The second-order valence-electron chi connectivity index (χ2n) is 4.35. The Kier molecular flexibility index (Phi) is 2.80. The van der Waals surface area contributed by atoms with E-state index in [9.17, 15) is 10.1 Å². The van der Waals surface area contributed by atoms with Crippen LogP contribution in [0.4, 0.5) is 17.5 Å². The largest absolute Gasteiger partial charge is 0.482 e. The maximum absolute atomic E-state index is 11.4. The summed E-state index contributed by atoms with van der Waals surface area (Å²) in [4.78, 5) is 19.2. The van der Waals surface area contributed by atoms with Crippen molar-refractivity contribution in [2.75, 3.05) is 23.4 Å². The van der Waals surface area contributed by atoms with Crippen LogP contribution in [0.2, 0.25) is 0 Å². The number of nitriles is 1. The zero-order valence-electron chi connectivity index (χ0n) is 10.8. The number of aromatic nitrogens is 2. The van der Waals surface area contributed by atoms with Gasteiger partial charge in [0.05, 0.1) is 11.4 Å². The minimum Gasteiger partial charge on any atom is -0.482 e. The third kappa shape index (κ3) is 2.17. The van der Waals surface area contributed by atoms with Crippen molar-refractivity contribution >= 4 is 23.4 Å². The quantitative estimate of drug-likeness (QED) is 0.692. The molecule has 0 saturated heterocycles. The molecule has 0 saturated carbocycles. The fraction of sp³-hybridized carbons (Fsp3) is 0.0769. The van der Waals surface area contributed by atoms with E-state index in [1.165, 1.54) is 0 Å². The van der Waals surface area contributed by atoms with Crippen molar-refractivity contribution in [2.45, 2.75) is 0 Å². The van der Waals surface area contributed by atoms with Crippen LogP contribution >= 0.6 is 0 Å². The van der Waals surface area contributed by atoms with Crippen LogP contribution in [0.5, 0.6) is 5.75 Å². The minimum absolute atomic E-state index is 0.0120. The van der Waals surface area contributed by atoms with Gasteiger partial charge in [0.2, 0.25) is 5.95 Å². The van der Waals surface area contributed by atoms with E-state index in [0.717, 1.165) is 0 Å². The fourth-order valence-corrected chi connectivity index (χ4v) is 2.05. The summed E-state index contributed by atoms with van der Waals surface area (Å²) in [5.74, 6) is 0.284. The number of benzene rings is 1. The standard InChI is InChI=1S/C13H10N6O2/c14-4-7-11(18-13(16)19-12(7)15)6-1-2-9-8(3-6)17-10(20)5-21-9/h1-3H,5H2,(H,17,20)(H4,15,16,18,19).